The average Bonchev–Trinajstić information content (AvgIpc) is 2.86. The molecule has 0 radical (unpaired) electrons. The SMILES string of the molecule is COc1ccc(CCC[C@@H](C(=O)N2CCN(c3ccccn3)CC2)[C@H](O)C(=O)NO)cc1. The van der Waals surface area contributed by atoms with Crippen LogP contribution in [0.2, 0.25) is 0 Å². The van der Waals surface area contributed by atoms with Crippen molar-refractivity contribution in [2.24, 2.45) is 5.92 Å². The third-order valence-corrected chi connectivity index (χ3v) is 5.78. The summed E-state index contributed by atoms with van der Waals surface area (Å²) in [4.78, 5) is 33.2. The number of pyridine rings is 1. The Morgan fingerprint density at radius 1 is 1.12 bits per heavy atom. The van der Waals surface area contributed by atoms with Gasteiger partial charge in [-0.1, -0.05) is 18.2 Å². The molecule has 2 aromatic rings. The Balaban J connectivity index is 1.60. The topological polar surface area (TPSA) is 115 Å². The number of aliphatic hydroxyl groups is 1. The number of piperazine rings is 1. The molecular formula is C23H30N4O5. The Morgan fingerprint density at radius 2 is 1.84 bits per heavy atom. The second-order valence-electron chi connectivity index (χ2n) is 7.77. The first-order valence-corrected chi connectivity index (χ1v) is 10.7. The summed E-state index contributed by atoms with van der Waals surface area (Å²) in [5.74, 6) is -0.560. The number of hydroxylamine groups is 1. The number of nitrogens with zero attached hydrogens (tertiary/aromatic N) is 3. The van der Waals surface area contributed by atoms with Gasteiger partial charge in [-0.25, -0.2) is 10.5 Å². The lowest BCUT2D eigenvalue weighted by Crippen LogP contribution is -2.53. The second-order valence-corrected chi connectivity index (χ2v) is 7.77. The highest BCUT2D eigenvalue weighted by atomic mass is 16.5. The fraction of sp³-hybridized carbons (Fsp3) is 0.435. The minimum Gasteiger partial charge on any atom is -0.497 e. The Kier molecular flexibility index (Phi) is 8.41. The first kappa shape index (κ1) is 23.5. The monoisotopic (exact) mass is 442 g/mol. The molecule has 2 atom stereocenters. The van der Waals surface area contributed by atoms with E-state index in [9.17, 15) is 14.7 Å². The van der Waals surface area contributed by atoms with E-state index in [1.165, 1.54) is 5.48 Å². The van der Waals surface area contributed by atoms with Gasteiger partial charge < -0.3 is 19.6 Å². The van der Waals surface area contributed by atoms with Crippen LogP contribution >= 0.6 is 0 Å². The number of aliphatic hydroxyl groups excluding tert-OH is 1. The first-order valence-electron chi connectivity index (χ1n) is 10.7. The summed E-state index contributed by atoms with van der Waals surface area (Å²) in [5.41, 5.74) is 2.53. The van der Waals surface area contributed by atoms with Crippen molar-refractivity contribution in [1.82, 2.24) is 15.4 Å². The molecule has 9 nitrogen and oxygen atoms in total. The maximum absolute atomic E-state index is 13.2. The number of ether oxygens (including phenoxy) is 1. The first-order chi connectivity index (χ1) is 15.5. The standard InChI is InChI=1S/C23H30N4O5/c1-32-18-10-8-17(9-11-18)5-4-6-19(21(28)22(29)25-31)23(30)27-15-13-26(14-16-27)20-7-2-3-12-24-20/h2-3,7-12,19,21,28,31H,4-6,13-16H2,1H3,(H,25,29)/t19-,21+/m1/s1. The van der Waals surface area contributed by atoms with E-state index in [0.29, 0.717) is 45.4 Å². The van der Waals surface area contributed by atoms with Gasteiger partial charge in [0.15, 0.2) is 0 Å². The average molecular weight is 443 g/mol. The molecule has 1 fully saturated rings. The highest BCUT2D eigenvalue weighted by Gasteiger charge is 2.35. The number of anilines is 1. The third kappa shape index (κ3) is 5.95. The van der Waals surface area contributed by atoms with Crippen molar-refractivity contribution in [2.75, 3.05) is 38.2 Å². The minimum absolute atomic E-state index is 0.281. The number of amides is 2. The van der Waals surface area contributed by atoms with E-state index in [1.54, 1.807) is 18.2 Å². The second kappa shape index (κ2) is 11.4. The number of carbonyl (C=O) groups is 2. The lowest BCUT2D eigenvalue weighted by Gasteiger charge is -2.37. The highest BCUT2D eigenvalue weighted by Crippen LogP contribution is 2.21. The number of hydrogen-bond donors (Lipinski definition) is 3. The summed E-state index contributed by atoms with van der Waals surface area (Å²) in [6.07, 6.45) is 1.73. The highest BCUT2D eigenvalue weighted by molar-refractivity contribution is 5.88. The fourth-order valence-electron chi connectivity index (χ4n) is 3.91. The van der Waals surface area contributed by atoms with E-state index in [1.807, 2.05) is 42.5 Å². The smallest absolute Gasteiger partial charge is 0.272 e. The quantitative estimate of drug-likeness (QED) is 0.395. The molecule has 1 aliphatic rings. The van der Waals surface area contributed by atoms with Gasteiger partial charge in [-0.05, 0) is 49.1 Å². The van der Waals surface area contributed by atoms with E-state index >= 15 is 0 Å². The van der Waals surface area contributed by atoms with Crippen LogP contribution in [0, 0.1) is 5.92 Å². The molecule has 1 aliphatic heterocycles. The van der Waals surface area contributed by atoms with Crippen LogP contribution in [-0.2, 0) is 16.0 Å². The molecule has 9 heteroatoms. The Bertz CT molecular complexity index is 870. The number of nitrogens with one attached hydrogen (secondary N) is 1. The van der Waals surface area contributed by atoms with Gasteiger partial charge in [0.2, 0.25) is 5.91 Å². The molecule has 32 heavy (non-hydrogen) atoms. The van der Waals surface area contributed by atoms with Gasteiger partial charge in [0, 0.05) is 32.4 Å². The summed E-state index contributed by atoms with van der Waals surface area (Å²) in [5, 5.41) is 19.4. The maximum atomic E-state index is 13.2. The molecule has 1 aromatic heterocycles. The molecule has 0 bridgehead atoms. The summed E-state index contributed by atoms with van der Waals surface area (Å²) < 4.78 is 5.16. The van der Waals surface area contributed by atoms with Crippen LogP contribution in [0.5, 0.6) is 5.75 Å². The molecule has 1 saturated heterocycles. The largest absolute Gasteiger partial charge is 0.497 e. The molecule has 172 valence electrons. The van der Waals surface area contributed by atoms with Crippen molar-refractivity contribution >= 4 is 17.6 Å². The van der Waals surface area contributed by atoms with Gasteiger partial charge in [-0.2, -0.15) is 0 Å². The molecule has 3 rings (SSSR count). The van der Waals surface area contributed by atoms with Crippen LogP contribution in [0.15, 0.2) is 48.7 Å². The number of aromatic nitrogens is 1. The van der Waals surface area contributed by atoms with Gasteiger partial charge in [0.25, 0.3) is 5.91 Å². The zero-order valence-electron chi connectivity index (χ0n) is 18.2. The normalized spacial score (nSPS) is 15.7. The van der Waals surface area contributed by atoms with Crippen molar-refractivity contribution in [3.05, 3.63) is 54.2 Å². The minimum atomic E-state index is -1.61. The number of benzene rings is 1. The zero-order valence-corrected chi connectivity index (χ0v) is 18.2. The molecule has 0 unspecified atom stereocenters. The van der Waals surface area contributed by atoms with Crippen molar-refractivity contribution in [3.63, 3.8) is 0 Å². The predicted molar refractivity (Wildman–Crippen MR) is 118 cm³/mol. The number of carbonyl (C=O) groups excluding carboxylic acids is 2. The van der Waals surface area contributed by atoms with Crippen LogP contribution < -0.4 is 15.1 Å². The molecule has 0 saturated carbocycles. The fourth-order valence-corrected chi connectivity index (χ4v) is 3.91. The van der Waals surface area contributed by atoms with Crippen molar-refractivity contribution in [3.8, 4) is 5.75 Å². The zero-order chi connectivity index (χ0) is 22.9. The molecule has 0 spiro atoms. The molecule has 2 heterocycles. The lowest BCUT2D eigenvalue weighted by molar-refractivity contribution is -0.151. The maximum Gasteiger partial charge on any atom is 0.272 e. The Morgan fingerprint density at radius 3 is 2.44 bits per heavy atom. The number of hydrogen-bond acceptors (Lipinski definition) is 7. The third-order valence-electron chi connectivity index (χ3n) is 5.78. The summed E-state index contributed by atoms with van der Waals surface area (Å²) in [7, 11) is 1.61. The van der Waals surface area contributed by atoms with E-state index in [2.05, 4.69) is 9.88 Å². The number of methoxy groups -OCH3 is 1. The number of rotatable bonds is 9. The van der Waals surface area contributed by atoms with Crippen LogP contribution in [0.1, 0.15) is 18.4 Å². The summed E-state index contributed by atoms with van der Waals surface area (Å²) in [6, 6.07) is 13.3. The van der Waals surface area contributed by atoms with E-state index in [0.717, 1.165) is 17.1 Å². The van der Waals surface area contributed by atoms with Gasteiger partial charge in [0.05, 0.1) is 13.0 Å². The lowest BCUT2D eigenvalue weighted by atomic mass is 9.92. The van der Waals surface area contributed by atoms with Crippen LogP contribution in [0.3, 0.4) is 0 Å². The molecule has 1 aromatic carbocycles. The molecule has 3 N–H and O–H groups in total. The summed E-state index contributed by atoms with van der Waals surface area (Å²) in [6.45, 7) is 2.17. The van der Waals surface area contributed by atoms with Gasteiger partial charge in [-0.15, -0.1) is 0 Å². The van der Waals surface area contributed by atoms with Crippen molar-refractivity contribution < 1.29 is 24.6 Å². The number of aryl methyl sites for hydroxylation is 1. The Hall–Kier alpha value is -3.17. The van der Waals surface area contributed by atoms with Gasteiger partial charge in [0.1, 0.15) is 17.7 Å². The summed E-state index contributed by atoms with van der Waals surface area (Å²) >= 11 is 0. The molecular weight excluding hydrogens is 412 g/mol. The van der Waals surface area contributed by atoms with Gasteiger partial charge >= 0.3 is 0 Å². The molecule has 2 amide bonds. The van der Waals surface area contributed by atoms with Crippen molar-refractivity contribution in [1.29, 1.82) is 0 Å². The molecule has 0 aliphatic carbocycles. The van der Waals surface area contributed by atoms with E-state index < -0.39 is 17.9 Å². The van der Waals surface area contributed by atoms with E-state index in [-0.39, 0.29) is 5.91 Å². The van der Waals surface area contributed by atoms with Crippen LogP contribution in [0.4, 0.5) is 5.82 Å². The van der Waals surface area contributed by atoms with Crippen molar-refractivity contribution in [2.45, 2.75) is 25.4 Å². The predicted octanol–water partition coefficient (Wildman–Crippen LogP) is 1.24. The van der Waals surface area contributed by atoms with Gasteiger partial charge in [-0.3, -0.25) is 14.8 Å². The van der Waals surface area contributed by atoms with Crippen LogP contribution in [0.25, 0.3) is 0 Å². The Labute approximate surface area is 187 Å². The van der Waals surface area contributed by atoms with Crippen LogP contribution in [-0.4, -0.2) is 71.4 Å². The van der Waals surface area contributed by atoms with E-state index in [4.69, 9.17) is 9.94 Å².